The van der Waals surface area contributed by atoms with Crippen molar-refractivity contribution in [3.63, 3.8) is 0 Å². The highest BCUT2D eigenvalue weighted by Gasteiger charge is 2.21. The van der Waals surface area contributed by atoms with E-state index in [1.807, 2.05) is 25.1 Å². The first kappa shape index (κ1) is 16.3. The van der Waals surface area contributed by atoms with Crippen LogP contribution in [0.2, 0.25) is 10.0 Å². The van der Waals surface area contributed by atoms with Crippen LogP contribution in [0.25, 0.3) is 0 Å². The molecule has 0 saturated heterocycles. The minimum Gasteiger partial charge on any atom is -0.383 e. The third-order valence-corrected chi connectivity index (χ3v) is 4.01. The number of hydrazine groups is 1. The Morgan fingerprint density at radius 3 is 2.76 bits per heavy atom. The molecule has 0 bridgehead atoms. The van der Waals surface area contributed by atoms with Gasteiger partial charge < -0.3 is 4.74 Å². The maximum Gasteiger partial charge on any atom is 0.0894 e. The number of aromatic nitrogens is 2. The SMILES string of the molecule is COCCn1ncc(Cl)c1C(NN)c1ccc(C)c(Cl)c1. The molecule has 1 aromatic heterocycles. The van der Waals surface area contributed by atoms with Crippen molar-refractivity contribution < 1.29 is 4.74 Å². The summed E-state index contributed by atoms with van der Waals surface area (Å²) in [4.78, 5) is 0. The largest absolute Gasteiger partial charge is 0.383 e. The van der Waals surface area contributed by atoms with Crippen LogP contribution in [0.15, 0.2) is 24.4 Å². The fourth-order valence-electron chi connectivity index (χ4n) is 2.14. The molecule has 0 aliphatic carbocycles. The summed E-state index contributed by atoms with van der Waals surface area (Å²) < 4.78 is 6.87. The van der Waals surface area contributed by atoms with E-state index in [9.17, 15) is 0 Å². The van der Waals surface area contributed by atoms with Crippen molar-refractivity contribution in [1.29, 1.82) is 0 Å². The standard InChI is InChI=1S/C14H18Cl2N4O/c1-9-3-4-10(7-11(9)15)13(19-17)14-12(16)8-18-20(14)5-6-21-2/h3-4,7-8,13,19H,5-6,17H2,1-2H3. The molecule has 2 aromatic rings. The van der Waals surface area contributed by atoms with E-state index in [4.69, 9.17) is 33.8 Å². The highest BCUT2D eigenvalue weighted by atomic mass is 35.5. The predicted molar refractivity (Wildman–Crippen MR) is 84.5 cm³/mol. The molecule has 1 atom stereocenters. The van der Waals surface area contributed by atoms with Crippen molar-refractivity contribution >= 4 is 23.2 Å². The molecule has 0 saturated carbocycles. The van der Waals surface area contributed by atoms with E-state index in [2.05, 4.69) is 10.5 Å². The summed E-state index contributed by atoms with van der Waals surface area (Å²) in [5.41, 5.74) is 5.50. The lowest BCUT2D eigenvalue weighted by molar-refractivity contribution is 0.182. The first-order valence-electron chi connectivity index (χ1n) is 6.50. The second-order valence-electron chi connectivity index (χ2n) is 4.70. The van der Waals surface area contributed by atoms with Crippen molar-refractivity contribution in [3.05, 3.63) is 51.3 Å². The molecule has 0 fully saturated rings. The van der Waals surface area contributed by atoms with Crippen molar-refractivity contribution in [1.82, 2.24) is 15.2 Å². The normalized spacial score (nSPS) is 12.6. The molecule has 1 unspecified atom stereocenters. The minimum atomic E-state index is -0.296. The van der Waals surface area contributed by atoms with Gasteiger partial charge in [0.25, 0.3) is 0 Å². The molecule has 0 spiro atoms. The predicted octanol–water partition coefficient (Wildman–Crippen LogP) is 2.70. The Labute approximate surface area is 134 Å². The van der Waals surface area contributed by atoms with Gasteiger partial charge in [-0.15, -0.1) is 0 Å². The Hall–Kier alpha value is -1.11. The number of hydrogen-bond donors (Lipinski definition) is 2. The molecule has 1 aromatic carbocycles. The smallest absolute Gasteiger partial charge is 0.0894 e. The summed E-state index contributed by atoms with van der Waals surface area (Å²) in [5.74, 6) is 5.73. The lowest BCUT2D eigenvalue weighted by atomic mass is 10.0. The van der Waals surface area contributed by atoms with Crippen LogP contribution in [0, 0.1) is 6.92 Å². The quantitative estimate of drug-likeness (QED) is 0.632. The van der Waals surface area contributed by atoms with Gasteiger partial charge in [-0.3, -0.25) is 10.5 Å². The van der Waals surface area contributed by atoms with Crippen LogP contribution < -0.4 is 11.3 Å². The van der Waals surface area contributed by atoms with Gasteiger partial charge >= 0.3 is 0 Å². The van der Waals surface area contributed by atoms with Crippen molar-refractivity contribution in [3.8, 4) is 0 Å². The van der Waals surface area contributed by atoms with Gasteiger partial charge in [0.1, 0.15) is 0 Å². The van der Waals surface area contributed by atoms with E-state index in [1.54, 1.807) is 18.0 Å². The van der Waals surface area contributed by atoms with Gasteiger partial charge in [-0.25, -0.2) is 5.43 Å². The zero-order valence-corrected chi connectivity index (χ0v) is 13.4. The number of rotatable bonds is 6. The lowest BCUT2D eigenvalue weighted by Gasteiger charge is -2.19. The number of nitrogens with one attached hydrogen (secondary N) is 1. The zero-order chi connectivity index (χ0) is 15.4. The van der Waals surface area contributed by atoms with E-state index >= 15 is 0 Å². The van der Waals surface area contributed by atoms with Crippen LogP contribution in [0.4, 0.5) is 0 Å². The molecule has 0 aliphatic heterocycles. The average Bonchev–Trinajstić information content (AvgIpc) is 2.83. The van der Waals surface area contributed by atoms with Gasteiger partial charge in [0, 0.05) is 12.1 Å². The molecule has 114 valence electrons. The van der Waals surface area contributed by atoms with E-state index in [0.717, 1.165) is 16.8 Å². The van der Waals surface area contributed by atoms with Crippen LogP contribution in [0.3, 0.4) is 0 Å². The summed E-state index contributed by atoms with van der Waals surface area (Å²) in [6.45, 7) is 3.08. The number of nitrogens with two attached hydrogens (primary N) is 1. The first-order chi connectivity index (χ1) is 10.1. The molecule has 2 rings (SSSR count). The summed E-state index contributed by atoms with van der Waals surface area (Å²) in [5, 5.41) is 5.50. The summed E-state index contributed by atoms with van der Waals surface area (Å²) in [6, 6.07) is 5.50. The highest BCUT2D eigenvalue weighted by molar-refractivity contribution is 6.31. The van der Waals surface area contributed by atoms with Gasteiger partial charge in [-0.1, -0.05) is 35.3 Å². The fraction of sp³-hybridized carbons (Fsp3) is 0.357. The molecule has 7 heteroatoms. The number of ether oxygens (including phenoxy) is 1. The molecule has 1 heterocycles. The van der Waals surface area contributed by atoms with Crippen LogP contribution in [-0.2, 0) is 11.3 Å². The van der Waals surface area contributed by atoms with Crippen LogP contribution in [-0.4, -0.2) is 23.5 Å². The van der Waals surface area contributed by atoms with Crippen LogP contribution in [0.5, 0.6) is 0 Å². The third-order valence-electron chi connectivity index (χ3n) is 3.31. The third kappa shape index (κ3) is 3.56. The second-order valence-corrected chi connectivity index (χ2v) is 5.52. The Bertz CT molecular complexity index is 615. The van der Waals surface area contributed by atoms with Gasteiger partial charge in [-0.2, -0.15) is 5.10 Å². The monoisotopic (exact) mass is 328 g/mol. The highest BCUT2D eigenvalue weighted by Crippen LogP contribution is 2.30. The van der Waals surface area contributed by atoms with E-state index < -0.39 is 0 Å². The summed E-state index contributed by atoms with van der Waals surface area (Å²) in [6.07, 6.45) is 1.60. The van der Waals surface area contributed by atoms with E-state index in [-0.39, 0.29) is 6.04 Å². The van der Waals surface area contributed by atoms with Crippen molar-refractivity contribution in [2.24, 2.45) is 5.84 Å². The van der Waals surface area contributed by atoms with Gasteiger partial charge in [0.15, 0.2) is 0 Å². The number of aryl methyl sites for hydroxylation is 1. The topological polar surface area (TPSA) is 65.1 Å². The number of halogens is 2. The Kier molecular flexibility index (Phi) is 5.61. The fourth-order valence-corrected chi connectivity index (χ4v) is 2.58. The van der Waals surface area contributed by atoms with Crippen molar-refractivity contribution in [2.45, 2.75) is 19.5 Å². The lowest BCUT2D eigenvalue weighted by Crippen LogP contribution is -2.31. The Morgan fingerprint density at radius 1 is 1.38 bits per heavy atom. The molecule has 21 heavy (non-hydrogen) atoms. The molecule has 0 radical (unpaired) electrons. The average molecular weight is 329 g/mol. The van der Waals surface area contributed by atoms with Crippen LogP contribution >= 0.6 is 23.2 Å². The molecule has 0 amide bonds. The number of benzene rings is 1. The minimum absolute atomic E-state index is 0.296. The zero-order valence-electron chi connectivity index (χ0n) is 11.9. The summed E-state index contributed by atoms with van der Waals surface area (Å²) in [7, 11) is 1.64. The van der Waals surface area contributed by atoms with Crippen LogP contribution in [0.1, 0.15) is 22.9 Å². The Morgan fingerprint density at radius 2 is 2.14 bits per heavy atom. The number of nitrogens with zero attached hydrogens (tertiary/aromatic N) is 2. The number of methoxy groups -OCH3 is 1. The molecular formula is C14H18Cl2N4O. The van der Waals surface area contributed by atoms with Gasteiger partial charge in [-0.05, 0) is 24.1 Å². The van der Waals surface area contributed by atoms with E-state index in [0.29, 0.717) is 23.2 Å². The molecule has 3 N–H and O–H groups in total. The molecule has 5 nitrogen and oxygen atoms in total. The maximum atomic E-state index is 6.27. The summed E-state index contributed by atoms with van der Waals surface area (Å²) >= 11 is 12.5. The van der Waals surface area contributed by atoms with Gasteiger partial charge in [0.05, 0.1) is 36.1 Å². The van der Waals surface area contributed by atoms with E-state index in [1.165, 1.54) is 0 Å². The first-order valence-corrected chi connectivity index (χ1v) is 7.26. The maximum absolute atomic E-state index is 6.27. The Balaban J connectivity index is 2.40. The number of hydrogen-bond acceptors (Lipinski definition) is 4. The van der Waals surface area contributed by atoms with Gasteiger partial charge in [0.2, 0.25) is 0 Å². The van der Waals surface area contributed by atoms with Crippen molar-refractivity contribution in [2.75, 3.05) is 13.7 Å². The molecule has 0 aliphatic rings. The second kappa shape index (κ2) is 7.24. The molecular weight excluding hydrogens is 311 g/mol.